The van der Waals surface area contributed by atoms with Gasteiger partial charge in [0.05, 0.1) is 6.61 Å². The van der Waals surface area contributed by atoms with Crippen LogP contribution >= 0.6 is 15.9 Å². The monoisotopic (exact) mass is 274 g/mol. The lowest BCUT2D eigenvalue weighted by atomic mass is 10.1. The van der Waals surface area contributed by atoms with E-state index in [9.17, 15) is 4.39 Å². The lowest BCUT2D eigenvalue weighted by molar-refractivity contribution is 0.255. The molecule has 0 heterocycles. The van der Waals surface area contributed by atoms with Gasteiger partial charge in [0.15, 0.2) is 0 Å². The van der Waals surface area contributed by atoms with Gasteiger partial charge in [0.1, 0.15) is 11.6 Å². The van der Waals surface area contributed by atoms with Crippen LogP contribution in [0.4, 0.5) is 4.39 Å². The van der Waals surface area contributed by atoms with Crippen LogP contribution in [-0.4, -0.2) is 6.61 Å². The Hall–Kier alpha value is -0.570. The van der Waals surface area contributed by atoms with Crippen molar-refractivity contribution in [1.29, 1.82) is 0 Å². The van der Waals surface area contributed by atoms with Crippen molar-refractivity contribution < 1.29 is 9.13 Å². The summed E-state index contributed by atoms with van der Waals surface area (Å²) in [6, 6.07) is 4.79. The van der Waals surface area contributed by atoms with Gasteiger partial charge in [-0.1, -0.05) is 36.2 Å². The average Bonchev–Trinajstić information content (AvgIpc) is 2.25. The fourth-order valence-corrected chi connectivity index (χ4v) is 1.46. The van der Waals surface area contributed by atoms with Crippen LogP contribution in [-0.2, 0) is 5.33 Å². The van der Waals surface area contributed by atoms with Gasteiger partial charge < -0.3 is 4.74 Å². The SMILES string of the molecule is CCC(C)COc1cc(F)cc(CBr)c1. The molecule has 0 radical (unpaired) electrons. The van der Waals surface area contributed by atoms with Gasteiger partial charge in [-0.25, -0.2) is 4.39 Å². The van der Waals surface area contributed by atoms with Gasteiger partial charge in [0.25, 0.3) is 0 Å². The quantitative estimate of drug-likeness (QED) is 0.734. The Morgan fingerprint density at radius 1 is 1.40 bits per heavy atom. The summed E-state index contributed by atoms with van der Waals surface area (Å²) < 4.78 is 18.6. The third-order valence-corrected chi connectivity index (χ3v) is 2.96. The van der Waals surface area contributed by atoms with Crippen molar-refractivity contribution in [3.8, 4) is 5.75 Å². The Morgan fingerprint density at radius 2 is 2.13 bits per heavy atom. The topological polar surface area (TPSA) is 9.23 Å². The number of halogens is 2. The van der Waals surface area contributed by atoms with Crippen molar-refractivity contribution in [2.24, 2.45) is 5.92 Å². The van der Waals surface area contributed by atoms with Crippen LogP contribution in [0.5, 0.6) is 5.75 Å². The highest BCUT2D eigenvalue weighted by Gasteiger charge is 2.03. The van der Waals surface area contributed by atoms with E-state index < -0.39 is 0 Å². The first kappa shape index (κ1) is 12.5. The van der Waals surface area contributed by atoms with Gasteiger partial charge in [-0.05, 0) is 23.6 Å². The average molecular weight is 275 g/mol. The Balaban J connectivity index is 2.64. The van der Waals surface area contributed by atoms with Crippen molar-refractivity contribution in [3.05, 3.63) is 29.6 Å². The summed E-state index contributed by atoms with van der Waals surface area (Å²) in [6.45, 7) is 4.87. The summed E-state index contributed by atoms with van der Waals surface area (Å²) in [5, 5.41) is 0.643. The highest BCUT2D eigenvalue weighted by atomic mass is 79.9. The fraction of sp³-hybridized carbons (Fsp3) is 0.500. The summed E-state index contributed by atoms with van der Waals surface area (Å²) in [5.74, 6) is 0.872. The highest BCUT2D eigenvalue weighted by molar-refractivity contribution is 9.08. The van der Waals surface area contributed by atoms with E-state index in [2.05, 4.69) is 29.8 Å². The Kier molecular flexibility index (Phi) is 5.09. The molecule has 1 atom stereocenters. The second-order valence-electron chi connectivity index (χ2n) is 3.75. The molecule has 3 heteroatoms. The maximum Gasteiger partial charge on any atom is 0.127 e. The lowest BCUT2D eigenvalue weighted by Gasteiger charge is -2.11. The van der Waals surface area contributed by atoms with Crippen LogP contribution in [0.3, 0.4) is 0 Å². The van der Waals surface area contributed by atoms with E-state index in [-0.39, 0.29) is 5.82 Å². The standard InChI is InChI=1S/C12H16BrFO/c1-3-9(2)8-15-12-5-10(7-13)4-11(14)6-12/h4-6,9H,3,7-8H2,1-2H3. The van der Waals surface area contributed by atoms with Gasteiger partial charge in [-0.2, -0.15) is 0 Å². The summed E-state index contributed by atoms with van der Waals surface area (Å²) in [7, 11) is 0. The smallest absolute Gasteiger partial charge is 0.127 e. The molecule has 0 aromatic heterocycles. The second kappa shape index (κ2) is 6.11. The van der Waals surface area contributed by atoms with E-state index >= 15 is 0 Å². The Morgan fingerprint density at radius 3 is 2.73 bits per heavy atom. The molecule has 1 rings (SSSR count). The summed E-state index contributed by atoms with van der Waals surface area (Å²) >= 11 is 3.30. The largest absolute Gasteiger partial charge is 0.493 e. The van der Waals surface area contributed by atoms with Gasteiger partial charge in [0, 0.05) is 11.4 Å². The first-order valence-electron chi connectivity index (χ1n) is 5.14. The van der Waals surface area contributed by atoms with Crippen LogP contribution < -0.4 is 4.74 Å². The molecule has 84 valence electrons. The summed E-state index contributed by atoms with van der Waals surface area (Å²) in [5.41, 5.74) is 0.897. The highest BCUT2D eigenvalue weighted by Crippen LogP contribution is 2.19. The second-order valence-corrected chi connectivity index (χ2v) is 4.31. The van der Waals surface area contributed by atoms with Crippen molar-refractivity contribution in [2.45, 2.75) is 25.6 Å². The minimum Gasteiger partial charge on any atom is -0.493 e. The van der Waals surface area contributed by atoms with Crippen molar-refractivity contribution in [3.63, 3.8) is 0 Å². The van der Waals surface area contributed by atoms with Crippen molar-refractivity contribution >= 4 is 15.9 Å². The first-order chi connectivity index (χ1) is 7.15. The van der Waals surface area contributed by atoms with Gasteiger partial charge in [-0.15, -0.1) is 0 Å². The number of benzene rings is 1. The molecular formula is C12H16BrFO. The molecule has 0 aliphatic carbocycles. The molecule has 0 aliphatic rings. The maximum absolute atomic E-state index is 13.1. The van der Waals surface area contributed by atoms with Crippen LogP contribution in [0.15, 0.2) is 18.2 Å². The van der Waals surface area contributed by atoms with E-state index in [1.54, 1.807) is 0 Å². The predicted molar refractivity (Wildman–Crippen MR) is 64.0 cm³/mol. The number of ether oxygens (including phenoxy) is 1. The van der Waals surface area contributed by atoms with E-state index in [0.717, 1.165) is 12.0 Å². The number of rotatable bonds is 5. The number of alkyl halides is 1. The van der Waals surface area contributed by atoms with Crippen molar-refractivity contribution in [2.75, 3.05) is 6.61 Å². The zero-order valence-electron chi connectivity index (χ0n) is 9.09. The maximum atomic E-state index is 13.1. The molecule has 0 saturated heterocycles. The molecule has 1 nitrogen and oxygen atoms in total. The van der Waals surface area contributed by atoms with Gasteiger partial charge in [-0.3, -0.25) is 0 Å². The number of hydrogen-bond acceptors (Lipinski definition) is 1. The molecule has 0 bridgehead atoms. The molecule has 15 heavy (non-hydrogen) atoms. The van der Waals surface area contributed by atoms with E-state index in [1.807, 2.05) is 6.07 Å². The molecule has 1 aromatic carbocycles. The lowest BCUT2D eigenvalue weighted by Crippen LogP contribution is -2.07. The first-order valence-corrected chi connectivity index (χ1v) is 6.26. The van der Waals surface area contributed by atoms with Crippen LogP contribution in [0.2, 0.25) is 0 Å². The normalized spacial score (nSPS) is 12.5. The third-order valence-electron chi connectivity index (χ3n) is 2.32. The Labute approximate surface area is 98.8 Å². The molecule has 1 aromatic rings. The number of hydrogen-bond donors (Lipinski definition) is 0. The summed E-state index contributed by atoms with van der Waals surface area (Å²) in [6.07, 6.45) is 1.07. The van der Waals surface area contributed by atoms with Crippen LogP contribution in [0, 0.1) is 11.7 Å². The fourth-order valence-electron chi connectivity index (χ4n) is 1.14. The predicted octanol–water partition coefficient (Wildman–Crippen LogP) is 4.15. The molecule has 0 N–H and O–H groups in total. The van der Waals surface area contributed by atoms with Crippen LogP contribution in [0.25, 0.3) is 0 Å². The molecule has 1 unspecified atom stereocenters. The minimum atomic E-state index is -0.244. The molecule has 0 saturated carbocycles. The minimum absolute atomic E-state index is 0.244. The van der Waals surface area contributed by atoms with E-state index in [0.29, 0.717) is 23.6 Å². The van der Waals surface area contributed by atoms with Gasteiger partial charge in [0.2, 0.25) is 0 Å². The van der Waals surface area contributed by atoms with E-state index in [1.165, 1.54) is 12.1 Å². The molecule has 0 amide bonds. The molecular weight excluding hydrogens is 259 g/mol. The third kappa shape index (κ3) is 4.20. The molecule has 0 aliphatic heterocycles. The molecule has 0 fully saturated rings. The zero-order chi connectivity index (χ0) is 11.3. The van der Waals surface area contributed by atoms with E-state index in [4.69, 9.17) is 4.74 Å². The van der Waals surface area contributed by atoms with Crippen LogP contribution in [0.1, 0.15) is 25.8 Å². The summed E-state index contributed by atoms with van der Waals surface area (Å²) in [4.78, 5) is 0. The van der Waals surface area contributed by atoms with Crippen molar-refractivity contribution in [1.82, 2.24) is 0 Å². The van der Waals surface area contributed by atoms with Gasteiger partial charge >= 0.3 is 0 Å². The molecule has 0 spiro atoms. The Bertz CT molecular complexity index is 314. The zero-order valence-corrected chi connectivity index (χ0v) is 10.7.